The lowest BCUT2D eigenvalue weighted by Gasteiger charge is -2.28. The van der Waals surface area contributed by atoms with Crippen molar-refractivity contribution in [3.05, 3.63) is 23.7 Å². The maximum atomic E-state index is 11.9. The number of carboxylic acid groups (broad SMARTS) is 1. The van der Waals surface area contributed by atoms with E-state index >= 15 is 0 Å². The lowest BCUT2D eigenvalue weighted by atomic mass is 9.93. The Kier molecular flexibility index (Phi) is 5.19. The number of nitrogens with one attached hydrogen (secondary N) is 2. The predicted molar refractivity (Wildman–Crippen MR) is 74.5 cm³/mol. The summed E-state index contributed by atoms with van der Waals surface area (Å²) >= 11 is 0. The quantitative estimate of drug-likeness (QED) is 0.747. The lowest BCUT2D eigenvalue weighted by molar-refractivity contribution is -0.144. The molecule has 0 bridgehead atoms. The first kappa shape index (κ1) is 16.1. The zero-order chi connectivity index (χ0) is 15.3. The third kappa shape index (κ3) is 3.53. The Morgan fingerprint density at radius 2 is 1.95 bits per heavy atom. The monoisotopic (exact) mass is 282 g/mol. The summed E-state index contributed by atoms with van der Waals surface area (Å²) in [4.78, 5) is 23.3. The van der Waals surface area contributed by atoms with E-state index in [0.717, 1.165) is 5.76 Å². The van der Waals surface area contributed by atoms with Gasteiger partial charge in [0.25, 0.3) is 0 Å². The molecule has 1 unspecified atom stereocenters. The third-order valence-electron chi connectivity index (χ3n) is 3.50. The van der Waals surface area contributed by atoms with E-state index in [9.17, 15) is 14.7 Å². The highest BCUT2D eigenvalue weighted by molar-refractivity contribution is 5.86. The van der Waals surface area contributed by atoms with Gasteiger partial charge in [-0.1, -0.05) is 13.8 Å². The average molecular weight is 282 g/mol. The van der Waals surface area contributed by atoms with Crippen molar-refractivity contribution in [2.24, 2.45) is 0 Å². The van der Waals surface area contributed by atoms with Crippen molar-refractivity contribution in [1.29, 1.82) is 0 Å². The minimum atomic E-state index is -1.23. The zero-order valence-electron chi connectivity index (χ0n) is 12.3. The Hall–Kier alpha value is -1.98. The Balaban J connectivity index is 2.69. The molecule has 1 heterocycles. The fourth-order valence-corrected chi connectivity index (χ4v) is 1.99. The van der Waals surface area contributed by atoms with E-state index in [2.05, 4.69) is 10.6 Å². The molecule has 3 N–H and O–H groups in total. The van der Waals surface area contributed by atoms with Crippen LogP contribution in [-0.4, -0.2) is 22.6 Å². The van der Waals surface area contributed by atoms with Crippen molar-refractivity contribution >= 4 is 12.0 Å². The van der Waals surface area contributed by atoms with Crippen LogP contribution < -0.4 is 10.6 Å². The highest BCUT2D eigenvalue weighted by Crippen LogP contribution is 2.17. The van der Waals surface area contributed by atoms with Crippen LogP contribution in [0.3, 0.4) is 0 Å². The van der Waals surface area contributed by atoms with Crippen molar-refractivity contribution in [1.82, 2.24) is 10.6 Å². The summed E-state index contributed by atoms with van der Waals surface area (Å²) in [6.45, 7) is 7.06. The third-order valence-corrected chi connectivity index (χ3v) is 3.50. The zero-order valence-corrected chi connectivity index (χ0v) is 12.3. The number of carbonyl (C=O) groups is 2. The van der Waals surface area contributed by atoms with Crippen LogP contribution in [0.5, 0.6) is 0 Å². The first-order valence-corrected chi connectivity index (χ1v) is 6.73. The summed E-state index contributed by atoms with van der Waals surface area (Å²) < 4.78 is 5.42. The van der Waals surface area contributed by atoms with Crippen molar-refractivity contribution in [2.45, 2.75) is 52.1 Å². The van der Waals surface area contributed by atoms with Crippen LogP contribution in [0.2, 0.25) is 0 Å². The molecule has 1 aromatic rings. The van der Waals surface area contributed by atoms with Gasteiger partial charge in [0.05, 0.1) is 6.04 Å². The van der Waals surface area contributed by atoms with E-state index in [-0.39, 0.29) is 6.04 Å². The molecule has 0 aliphatic carbocycles. The minimum Gasteiger partial charge on any atom is -0.480 e. The summed E-state index contributed by atoms with van der Waals surface area (Å²) in [5, 5.41) is 14.5. The second kappa shape index (κ2) is 6.45. The molecular formula is C14H22N2O4. The van der Waals surface area contributed by atoms with Gasteiger partial charge in [-0.15, -0.1) is 0 Å². The molecule has 0 radical (unpaired) electrons. The largest absolute Gasteiger partial charge is 0.480 e. The van der Waals surface area contributed by atoms with E-state index in [0.29, 0.717) is 18.6 Å². The molecule has 6 heteroatoms. The van der Waals surface area contributed by atoms with Crippen molar-refractivity contribution in [2.75, 3.05) is 0 Å². The fraction of sp³-hybridized carbons (Fsp3) is 0.571. The van der Waals surface area contributed by atoms with Gasteiger partial charge in [0, 0.05) is 0 Å². The minimum absolute atomic E-state index is 0.320. The number of aliphatic carboxylic acids is 1. The van der Waals surface area contributed by atoms with Crippen LogP contribution in [0.25, 0.3) is 0 Å². The molecule has 0 fully saturated rings. The highest BCUT2D eigenvalue weighted by atomic mass is 16.4. The number of hydrogen-bond donors (Lipinski definition) is 3. The number of amides is 2. The van der Waals surface area contributed by atoms with E-state index in [4.69, 9.17) is 4.42 Å². The molecule has 0 aromatic carbocycles. The van der Waals surface area contributed by atoms with Gasteiger partial charge in [0.1, 0.15) is 17.1 Å². The molecule has 6 nitrogen and oxygen atoms in total. The molecule has 0 aliphatic heterocycles. The summed E-state index contributed by atoms with van der Waals surface area (Å²) in [6.07, 6.45) is 0.640. The van der Waals surface area contributed by atoms with Gasteiger partial charge in [-0.2, -0.15) is 0 Å². The fourth-order valence-electron chi connectivity index (χ4n) is 1.99. The average Bonchev–Trinajstić information content (AvgIpc) is 2.82. The van der Waals surface area contributed by atoms with Crippen molar-refractivity contribution < 1.29 is 19.1 Å². The molecule has 1 atom stereocenters. The van der Waals surface area contributed by atoms with Crippen LogP contribution in [0.4, 0.5) is 4.79 Å². The standard InChI is InChI=1S/C14H22N2O4/c1-5-14(6-2,12(17)18)16-13(19)15-10(4)11-8-7-9(3)20-11/h7-8,10H,5-6H2,1-4H3,(H,17,18)(H2,15,16,19). The van der Waals surface area contributed by atoms with Gasteiger partial charge in [-0.05, 0) is 38.8 Å². The Bertz CT molecular complexity index is 477. The molecule has 0 spiro atoms. The number of furan rings is 1. The summed E-state index contributed by atoms with van der Waals surface area (Å²) in [5.74, 6) is 0.363. The van der Waals surface area contributed by atoms with Gasteiger partial charge in [-0.3, -0.25) is 0 Å². The number of hydrogen-bond acceptors (Lipinski definition) is 3. The number of urea groups is 1. The molecule has 20 heavy (non-hydrogen) atoms. The number of carboxylic acids is 1. The van der Waals surface area contributed by atoms with E-state index in [1.54, 1.807) is 26.8 Å². The van der Waals surface area contributed by atoms with Gasteiger partial charge >= 0.3 is 12.0 Å². The van der Waals surface area contributed by atoms with Crippen LogP contribution >= 0.6 is 0 Å². The highest BCUT2D eigenvalue weighted by Gasteiger charge is 2.36. The predicted octanol–water partition coefficient (Wildman–Crippen LogP) is 2.59. The van der Waals surface area contributed by atoms with Crippen molar-refractivity contribution in [3.63, 3.8) is 0 Å². The first-order chi connectivity index (χ1) is 9.34. The van der Waals surface area contributed by atoms with E-state index in [1.807, 2.05) is 13.0 Å². The van der Waals surface area contributed by atoms with Crippen LogP contribution in [-0.2, 0) is 4.79 Å². The lowest BCUT2D eigenvalue weighted by Crippen LogP contribution is -2.56. The molecule has 0 saturated carbocycles. The molecule has 1 rings (SSSR count). The van der Waals surface area contributed by atoms with Crippen LogP contribution in [0, 0.1) is 6.92 Å². The van der Waals surface area contributed by atoms with Crippen LogP contribution in [0.15, 0.2) is 16.5 Å². The summed E-state index contributed by atoms with van der Waals surface area (Å²) in [5.41, 5.74) is -1.23. The summed E-state index contributed by atoms with van der Waals surface area (Å²) in [6, 6.07) is 2.75. The van der Waals surface area contributed by atoms with E-state index in [1.165, 1.54) is 0 Å². The Morgan fingerprint density at radius 3 is 2.35 bits per heavy atom. The Morgan fingerprint density at radius 1 is 1.35 bits per heavy atom. The number of carbonyl (C=O) groups excluding carboxylic acids is 1. The SMILES string of the molecule is CCC(CC)(NC(=O)NC(C)c1ccc(C)o1)C(=O)O. The maximum Gasteiger partial charge on any atom is 0.329 e. The van der Waals surface area contributed by atoms with Gasteiger partial charge < -0.3 is 20.2 Å². The molecule has 112 valence electrons. The molecule has 0 aliphatic rings. The molecule has 1 aromatic heterocycles. The van der Waals surface area contributed by atoms with Gasteiger partial charge in [0.15, 0.2) is 0 Å². The molecule has 0 saturated heterocycles. The topological polar surface area (TPSA) is 91.6 Å². The van der Waals surface area contributed by atoms with E-state index < -0.39 is 17.5 Å². The molecule has 2 amide bonds. The number of aryl methyl sites for hydroxylation is 1. The first-order valence-electron chi connectivity index (χ1n) is 6.73. The Labute approximate surface area is 118 Å². The van der Waals surface area contributed by atoms with Crippen LogP contribution in [0.1, 0.15) is 51.2 Å². The normalized spacial score (nSPS) is 12.8. The second-order valence-corrected chi connectivity index (χ2v) is 4.86. The summed E-state index contributed by atoms with van der Waals surface area (Å²) in [7, 11) is 0. The molecular weight excluding hydrogens is 260 g/mol. The number of rotatable bonds is 6. The van der Waals surface area contributed by atoms with Gasteiger partial charge in [0.2, 0.25) is 0 Å². The maximum absolute atomic E-state index is 11.9. The second-order valence-electron chi connectivity index (χ2n) is 4.86. The van der Waals surface area contributed by atoms with Gasteiger partial charge in [-0.25, -0.2) is 9.59 Å². The smallest absolute Gasteiger partial charge is 0.329 e. The van der Waals surface area contributed by atoms with Crippen molar-refractivity contribution in [3.8, 4) is 0 Å².